The van der Waals surface area contributed by atoms with E-state index < -0.39 is 49.6 Å². The van der Waals surface area contributed by atoms with E-state index >= 15 is 0 Å². The van der Waals surface area contributed by atoms with Crippen molar-refractivity contribution in [3.8, 4) is 0 Å². The lowest BCUT2D eigenvalue weighted by molar-refractivity contribution is -0.174. The molecular weight excluding hydrogens is 584 g/mol. The van der Waals surface area contributed by atoms with Crippen LogP contribution in [0.5, 0.6) is 0 Å². The molecule has 2 unspecified atom stereocenters. The summed E-state index contributed by atoms with van der Waals surface area (Å²) in [5, 5.41) is 4.56. The van der Waals surface area contributed by atoms with Crippen molar-refractivity contribution in [2.45, 2.75) is 51.4 Å². The second kappa shape index (κ2) is 12.9. The number of nitrogens with one attached hydrogen (secondary N) is 1. The van der Waals surface area contributed by atoms with Crippen LogP contribution < -0.4 is 21.8 Å². The zero-order chi connectivity index (χ0) is 28.9. The van der Waals surface area contributed by atoms with Crippen LogP contribution >= 0.6 is 30.9 Å². The van der Waals surface area contributed by atoms with Crippen LogP contribution in [-0.4, -0.2) is 41.1 Å². The van der Waals surface area contributed by atoms with Crippen LogP contribution in [-0.2, 0) is 32.8 Å². The van der Waals surface area contributed by atoms with Crippen LogP contribution in [0.4, 0.5) is 5.69 Å². The predicted octanol–water partition coefficient (Wildman–Crippen LogP) is 3.48. The summed E-state index contributed by atoms with van der Waals surface area (Å²) in [6.45, 7) is 2.87. The number of hydrogen-bond acceptors (Lipinski definition) is 11. The Morgan fingerprint density at radius 1 is 1.33 bits per heavy atom. The first kappa shape index (κ1) is 30.5. The third-order valence-electron chi connectivity index (χ3n) is 5.44. The maximum atomic E-state index is 12.9. The maximum absolute atomic E-state index is 12.9. The molecule has 1 fully saturated rings. The number of rotatable bonds is 11. The van der Waals surface area contributed by atoms with Gasteiger partial charge in [0.05, 0.1) is 12.8 Å². The number of aromatic amines is 1. The largest absolute Gasteiger partial charge is 0.461 e. The molecule has 0 spiro atoms. The Balaban J connectivity index is 1.73. The van der Waals surface area contributed by atoms with Crippen molar-refractivity contribution in [2.24, 2.45) is 10.8 Å². The Morgan fingerprint density at radius 3 is 2.62 bits per heavy atom. The van der Waals surface area contributed by atoms with Gasteiger partial charge in [-0.05, 0) is 50.4 Å². The molecule has 0 radical (unpaired) electrons. The van der Waals surface area contributed by atoms with E-state index in [0.717, 1.165) is 9.63 Å². The summed E-state index contributed by atoms with van der Waals surface area (Å²) < 4.78 is 30.0. The summed E-state index contributed by atoms with van der Waals surface area (Å²) in [7, 11) is -3.45. The summed E-state index contributed by atoms with van der Waals surface area (Å²) in [5.74, 6) is -1.12. The lowest BCUT2D eigenvalue weighted by Gasteiger charge is -2.29. The molecule has 19 heteroatoms. The van der Waals surface area contributed by atoms with Crippen molar-refractivity contribution in [2.75, 3.05) is 12.2 Å². The lowest BCUT2D eigenvalue weighted by Crippen LogP contribution is -2.40. The van der Waals surface area contributed by atoms with Gasteiger partial charge in [-0.2, -0.15) is 0 Å². The number of carbonyl (C=O) groups excluding carboxylic acids is 1. The highest BCUT2D eigenvalue weighted by Crippen LogP contribution is 2.44. The number of ether oxygens (including phenoxy) is 1. The zero-order valence-corrected chi connectivity index (χ0v) is 23.1. The van der Waals surface area contributed by atoms with Gasteiger partial charge in [-0.15, -0.1) is 0 Å². The van der Waals surface area contributed by atoms with Gasteiger partial charge in [0.25, 0.3) is 5.56 Å². The van der Waals surface area contributed by atoms with Gasteiger partial charge in [-0.25, -0.2) is 29.2 Å². The summed E-state index contributed by atoms with van der Waals surface area (Å²) in [6.07, 6.45) is -1.96. The third-order valence-corrected chi connectivity index (χ3v) is 6.81. The fourth-order valence-corrected chi connectivity index (χ4v) is 5.11. The molecule has 0 aliphatic carbocycles. The molecule has 0 saturated carbocycles. The average Bonchev–Trinajstić information content (AvgIpc) is 3.33. The van der Waals surface area contributed by atoms with Crippen molar-refractivity contribution in [1.29, 1.82) is 0 Å². The normalized spacial score (nSPS) is 19.8. The van der Waals surface area contributed by atoms with Crippen LogP contribution in [0.25, 0.3) is 10.4 Å². The van der Waals surface area contributed by atoms with E-state index in [4.69, 9.17) is 57.7 Å². The van der Waals surface area contributed by atoms with Crippen LogP contribution in [0.3, 0.4) is 0 Å². The van der Waals surface area contributed by atoms with Crippen LogP contribution in [0.1, 0.15) is 31.6 Å². The molecule has 2 heterocycles. The van der Waals surface area contributed by atoms with Crippen LogP contribution in [0, 0.1) is 6.92 Å². The van der Waals surface area contributed by atoms with Crippen molar-refractivity contribution in [3.05, 3.63) is 71.3 Å². The molecule has 16 nitrogen and oxygen atoms in total. The Hall–Kier alpha value is -3.07. The highest BCUT2D eigenvalue weighted by atomic mass is 35.5. The minimum atomic E-state index is -4.72. The lowest BCUT2D eigenvalue weighted by atomic mass is 10.2. The smallest absolute Gasteiger partial charge is 0.399 e. The molecule has 1 aliphatic rings. The third kappa shape index (κ3) is 7.75. The number of carbonyl (C=O) groups is 1. The zero-order valence-electron chi connectivity index (χ0n) is 20.7. The van der Waals surface area contributed by atoms with Crippen molar-refractivity contribution in [1.82, 2.24) is 9.55 Å². The van der Waals surface area contributed by atoms with Crippen molar-refractivity contribution in [3.63, 3.8) is 0 Å². The molecule has 1 aromatic carbocycles. The quantitative estimate of drug-likeness (QED) is 0.0941. The SMILES string of the molecule is CON(c1cc(Cl)cc(Cl)c1)[C@@H](C)C(=O)OP(N)(=O)OC(ON=[N+]=[N-])[C@@H]1CC[C@H](n2cc(C)c(=O)[nH]c2=O)O1. The van der Waals surface area contributed by atoms with Gasteiger partial charge in [0.1, 0.15) is 17.6 Å². The highest BCUT2D eigenvalue weighted by molar-refractivity contribution is 7.51. The fourth-order valence-electron chi connectivity index (χ4n) is 3.69. The Bertz CT molecular complexity index is 1410. The second-order valence-corrected chi connectivity index (χ2v) is 10.5. The number of nitrogens with zero attached hydrogens (tertiary/aromatic N) is 5. The number of hydroxylamine groups is 1. The van der Waals surface area contributed by atoms with E-state index in [0.29, 0.717) is 0 Å². The average molecular weight is 608 g/mol. The first-order valence-electron chi connectivity index (χ1n) is 11.1. The molecule has 3 rings (SSSR count). The molecular formula is C20H24Cl2N7O9P. The molecule has 1 saturated heterocycles. The molecule has 1 aliphatic heterocycles. The van der Waals surface area contributed by atoms with Gasteiger partial charge >= 0.3 is 19.4 Å². The van der Waals surface area contributed by atoms with Crippen molar-refractivity contribution < 1.29 is 32.8 Å². The molecule has 0 amide bonds. The van der Waals surface area contributed by atoms with E-state index in [1.165, 1.54) is 45.4 Å². The molecule has 5 atom stereocenters. The number of nitrogens with two attached hydrogens (primary N) is 1. The predicted molar refractivity (Wildman–Crippen MR) is 138 cm³/mol. The first-order valence-corrected chi connectivity index (χ1v) is 13.5. The number of halogens is 2. The number of anilines is 1. The van der Waals surface area contributed by atoms with Crippen LogP contribution in [0.15, 0.2) is 39.3 Å². The molecule has 212 valence electrons. The number of aromatic nitrogens is 2. The molecule has 1 aromatic heterocycles. The Kier molecular flexibility index (Phi) is 10.0. The number of hydrogen-bond donors (Lipinski definition) is 2. The number of benzene rings is 1. The van der Waals surface area contributed by atoms with Gasteiger partial charge in [-0.1, -0.05) is 23.2 Å². The minimum Gasteiger partial charge on any atom is -0.399 e. The van der Waals surface area contributed by atoms with E-state index in [1.54, 1.807) is 0 Å². The van der Waals surface area contributed by atoms with E-state index in [-0.39, 0.29) is 34.1 Å². The topological polar surface area (TPSA) is 213 Å². The Labute approximate surface area is 230 Å². The second-order valence-electron chi connectivity index (χ2n) is 8.20. The summed E-state index contributed by atoms with van der Waals surface area (Å²) in [5.41, 5.74) is 13.6. The first-order chi connectivity index (χ1) is 18.3. The van der Waals surface area contributed by atoms with E-state index in [2.05, 4.69) is 15.2 Å². The van der Waals surface area contributed by atoms with E-state index in [1.807, 2.05) is 0 Å². The van der Waals surface area contributed by atoms with Gasteiger partial charge in [0.2, 0.25) is 6.29 Å². The van der Waals surface area contributed by atoms with Crippen molar-refractivity contribution >= 4 is 42.6 Å². The summed E-state index contributed by atoms with van der Waals surface area (Å²) >= 11 is 12.0. The van der Waals surface area contributed by atoms with Gasteiger partial charge in [-0.3, -0.25) is 19.2 Å². The number of azide groups is 1. The fraction of sp³-hybridized carbons (Fsp3) is 0.450. The Morgan fingerprint density at radius 2 is 2.00 bits per heavy atom. The molecule has 3 N–H and O–H groups in total. The van der Waals surface area contributed by atoms with Gasteiger partial charge in [0, 0.05) is 26.7 Å². The number of aryl methyl sites for hydroxylation is 1. The summed E-state index contributed by atoms with van der Waals surface area (Å²) in [6, 6.07) is 3.18. The summed E-state index contributed by atoms with van der Waals surface area (Å²) in [4.78, 5) is 51.4. The monoisotopic (exact) mass is 607 g/mol. The standard InChI is InChI=1S/C20H24Cl2N7O9P/c1-10-9-28(20(32)25-17(10)30)16-5-4-15(35-16)19(36-27-26-23)38-39(24,33)37-18(31)11(2)29(34-3)14-7-12(21)6-13(22)8-14/h6-9,11,15-16,19H,4-5H2,1-3H3,(H2,24,33)(H,25,30,32)/t11-,15-,16+,19?,39?/m0/s1. The minimum absolute atomic E-state index is 0.151. The van der Waals surface area contributed by atoms with Gasteiger partial charge < -0.3 is 14.1 Å². The number of H-pyrrole nitrogens is 1. The van der Waals surface area contributed by atoms with Crippen LogP contribution in [0.2, 0.25) is 10.0 Å². The highest BCUT2D eigenvalue weighted by Gasteiger charge is 2.41. The molecule has 2 aromatic rings. The van der Waals surface area contributed by atoms with E-state index in [9.17, 15) is 18.9 Å². The van der Waals surface area contributed by atoms with Gasteiger partial charge in [0.15, 0.2) is 6.04 Å². The molecule has 0 bridgehead atoms. The maximum Gasteiger partial charge on any atom is 0.461 e. The molecule has 39 heavy (non-hydrogen) atoms.